The number of hydrogen-bond donors (Lipinski definition) is 1. The van der Waals surface area contributed by atoms with Crippen molar-refractivity contribution in [1.82, 2.24) is 4.98 Å². The number of esters is 1. The molecule has 0 amide bonds. The van der Waals surface area contributed by atoms with Gasteiger partial charge < -0.3 is 9.84 Å². The molecule has 0 fully saturated rings. The molecule has 0 aromatic carbocycles. The third kappa shape index (κ3) is 2.42. The lowest BCUT2D eigenvalue weighted by Crippen LogP contribution is -2.11. The second-order valence-corrected chi connectivity index (χ2v) is 3.54. The molecule has 0 unspecified atom stereocenters. The van der Waals surface area contributed by atoms with Crippen LogP contribution in [0.2, 0.25) is 0 Å². The number of pyridine rings is 1. The second kappa shape index (κ2) is 5.26. The van der Waals surface area contributed by atoms with E-state index in [9.17, 15) is 4.79 Å². The van der Waals surface area contributed by atoms with Crippen molar-refractivity contribution in [3.8, 4) is 0 Å². The van der Waals surface area contributed by atoms with Gasteiger partial charge in [0.1, 0.15) is 3.70 Å². The molecule has 5 heteroatoms. The number of ether oxygens (including phenoxy) is 1. The van der Waals surface area contributed by atoms with Gasteiger partial charge in [0.2, 0.25) is 0 Å². The first-order valence-electron chi connectivity index (χ1n) is 4.12. The number of aromatic nitrogens is 1. The van der Waals surface area contributed by atoms with Crippen LogP contribution in [-0.4, -0.2) is 22.7 Å². The minimum Gasteiger partial charge on any atom is -0.462 e. The van der Waals surface area contributed by atoms with Crippen LogP contribution >= 0.6 is 22.6 Å². The van der Waals surface area contributed by atoms with Gasteiger partial charge in [0.05, 0.1) is 18.8 Å². The van der Waals surface area contributed by atoms with Gasteiger partial charge in [0, 0.05) is 6.20 Å². The van der Waals surface area contributed by atoms with E-state index in [0.29, 0.717) is 21.4 Å². The zero-order valence-electron chi connectivity index (χ0n) is 7.66. The number of rotatable bonds is 3. The molecule has 4 nitrogen and oxygen atoms in total. The van der Waals surface area contributed by atoms with E-state index < -0.39 is 5.97 Å². The maximum atomic E-state index is 11.5. The first-order valence-corrected chi connectivity index (χ1v) is 5.20. The summed E-state index contributed by atoms with van der Waals surface area (Å²) in [5.74, 6) is -0.436. The topological polar surface area (TPSA) is 59.4 Å². The Balaban J connectivity index is 3.10. The van der Waals surface area contributed by atoms with Gasteiger partial charge in [-0.25, -0.2) is 9.78 Å². The van der Waals surface area contributed by atoms with E-state index >= 15 is 0 Å². The zero-order valence-corrected chi connectivity index (χ0v) is 9.82. The normalized spacial score (nSPS) is 9.93. The number of carbonyl (C=O) groups is 1. The number of halogens is 1. The van der Waals surface area contributed by atoms with Crippen LogP contribution in [0.25, 0.3) is 0 Å². The highest BCUT2D eigenvalue weighted by Crippen LogP contribution is 2.15. The van der Waals surface area contributed by atoms with Crippen LogP contribution in [-0.2, 0) is 11.3 Å². The average Bonchev–Trinajstić information content (AvgIpc) is 2.17. The third-order valence-corrected chi connectivity index (χ3v) is 2.46. The molecule has 0 saturated carbocycles. The lowest BCUT2D eigenvalue weighted by Gasteiger charge is -2.07. The minimum atomic E-state index is -0.436. The van der Waals surface area contributed by atoms with Crippen molar-refractivity contribution < 1.29 is 14.6 Å². The minimum absolute atomic E-state index is 0.188. The van der Waals surface area contributed by atoms with E-state index in [4.69, 9.17) is 9.84 Å². The Hall–Kier alpha value is -0.690. The van der Waals surface area contributed by atoms with Gasteiger partial charge in [-0.2, -0.15) is 0 Å². The van der Waals surface area contributed by atoms with Crippen LogP contribution in [0.3, 0.4) is 0 Å². The molecule has 0 radical (unpaired) electrons. The SMILES string of the molecule is CCOC(=O)c1c(CO)ccnc1I. The number of hydrogen-bond acceptors (Lipinski definition) is 4. The maximum absolute atomic E-state index is 11.5. The Kier molecular flexibility index (Phi) is 4.27. The first kappa shape index (κ1) is 11.4. The largest absolute Gasteiger partial charge is 0.462 e. The van der Waals surface area contributed by atoms with E-state index in [1.54, 1.807) is 19.2 Å². The Morgan fingerprint density at radius 1 is 1.71 bits per heavy atom. The Morgan fingerprint density at radius 2 is 2.43 bits per heavy atom. The molecule has 76 valence electrons. The summed E-state index contributed by atoms with van der Waals surface area (Å²) in [4.78, 5) is 15.4. The van der Waals surface area contributed by atoms with Crippen molar-refractivity contribution in [2.75, 3.05) is 6.61 Å². The molecule has 1 aromatic heterocycles. The highest BCUT2D eigenvalue weighted by Gasteiger charge is 2.16. The van der Waals surface area contributed by atoms with E-state index in [2.05, 4.69) is 4.98 Å². The van der Waals surface area contributed by atoms with Crippen molar-refractivity contribution >= 4 is 28.6 Å². The van der Waals surface area contributed by atoms with Crippen molar-refractivity contribution in [3.05, 3.63) is 27.1 Å². The van der Waals surface area contributed by atoms with Gasteiger partial charge in [-0.05, 0) is 41.1 Å². The fourth-order valence-electron chi connectivity index (χ4n) is 1.02. The predicted molar refractivity (Wildman–Crippen MR) is 58.8 cm³/mol. The molecule has 0 aliphatic heterocycles. The van der Waals surface area contributed by atoms with Crippen molar-refractivity contribution in [2.45, 2.75) is 13.5 Å². The molecule has 0 atom stereocenters. The van der Waals surface area contributed by atoms with E-state index in [1.165, 1.54) is 0 Å². The van der Waals surface area contributed by atoms with Crippen molar-refractivity contribution in [3.63, 3.8) is 0 Å². The van der Waals surface area contributed by atoms with E-state index in [1.807, 2.05) is 22.6 Å². The smallest absolute Gasteiger partial charge is 0.341 e. The Labute approximate surface area is 95.4 Å². The summed E-state index contributed by atoms with van der Waals surface area (Å²) < 4.78 is 5.41. The Morgan fingerprint density at radius 3 is 3.00 bits per heavy atom. The molecule has 0 bridgehead atoms. The molecule has 0 aliphatic carbocycles. The molecule has 1 N–H and O–H groups in total. The lowest BCUT2D eigenvalue weighted by molar-refractivity contribution is 0.0521. The molecular formula is C9H10INO3. The van der Waals surface area contributed by atoms with Gasteiger partial charge in [-0.15, -0.1) is 0 Å². The van der Waals surface area contributed by atoms with Crippen LogP contribution in [0.5, 0.6) is 0 Å². The summed E-state index contributed by atoms with van der Waals surface area (Å²) in [6.07, 6.45) is 1.55. The predicted octanol–water partition coefficient (Wildman–Crippen LogP) is 1.36. The summed E-state index contributed by atoms with van der Waals surface area (Å²) in [6, 6.07) is 1.61. The average molecular weight is 307 g/mol. The number of carbonyl (C=O) groups excluding carboxylic acids is 1. The quantitative estimate of drug-likeness (QED) is 0.520. The first-order chi connectivity index (χ1) is 6.70. The van der Waals surface area contributed by atoms with Crippen LogP contribution < -0.4 is 0 Å². The van der Waals surface area contributed by atoms with Gasteiger partial charge in [0.25, 0.3) is 0 Å². The standard InChI is InChI=1S/C9H10INO3/c1-2-14-9(13)7-6(5-12)3-4-11-8(7)10/h3-4,12H,2,5H2,1H3. The fourth-order valence-corrected chi connectivity index (χ4v) is 1.75. The number of aliphatic hydroxyl groups excluding tert-OH is 1. The fraction of sp³-hybridized carbons (Fsp3) is 0.333. The van der Waals surface area contributed by atoms with Crippen LogP contribution in [0, 0.1) is 3.70 Å². The van der Waals surface area contributed by atoms with Crippen LogP contribution in [0.1, 0.15) is 22.8 Å². The lowest BCUT2D eigenvalue weighted by atomic mass is 10.1. The monoisotopic (exact) mass is 307 g/mol. The zero-order chi connectivity index (χ0) is 10.6. The van der Waals surface area contributed by atoms with Crippen molar-refractivity contribution in [1.29, 1.82) is 0 Å². The molecule has 1 rings (SSSR count). The molecule has 1 heterocycles. The van der Waals surface area contributed by atoms with Crippen molar-refractivity contribution in [2.24, 2.45) is 0 Å². The molecule has 0 aliphatic rings. The maximum Gasteiger partial charge on any atom is 0.341 e. The molecule has 0 saturated heterocycles. The summed E-state index contributed by atoms with van der Waals surface area (Å²) in [6.45, 7) is 1.86. The summed E-state index contributed by atoms with van der Waals surface area (Å²) in [5, 5.41) is 9.02. The van der Waals surface area contributed by atoms with Gasteiger partial charge >= 0.3 is 5.97 Å². The van der Waals surface area contributed by atoms with E-state index in [-0.39, 0.29) is 6.61 Å². The molecule has 1 aromatic rings. The third-order valence-electron chi connectivity index (χ3n) is 1.64. The number of nitrogens with zero attached hydrogens (tertiary/aromatic N) is 1. The van der Waals surface area contributed by atoms with Gasteiger partial charge in [-0.1, -0.05) is 0 Å². The van der Waals surface area contributed by atoms with Gasteiger partial charge in [0.15, 0.2) is 0 Å². The summed E-state index contributed by atoms with van der Waals surface area (Å²) in [7, 11) is 0. The summed E-state index contributed by atoms with van der Waals surface area (Å²) in [5.41, 5.74) is 0.903. The molecule has 14 heavy (non-hydrogen) atoms. The van der Waals surface area contributed by atoms with E-state index in [0.717, 1.165) is 0 Å². The second-order valence-electron chi connectivity index (χ2n) is 2.51. The molecular weight excluding hydrogens is 297 g/mol. The van der Waals surface area contributed by atoms with Crippen LogP contribution in [0.15, 0.2) is 12.3 Å². The van der Waals surface area contributed by atoms with Gasteiger partial charge in [-0.3, -0.25) is 0 Å². The highest BCUT2D eigenvalue weighted by atomic mass is 127. The Bertz CT molecular complexity index is 341. The van der Waals surface area contributed by atoms with Crippen LogP contribution in [0.4, 0.5) is 0 Å². The number of aliphatic hydroxyl groups is 1. The molecule has 0 spiro atoms. The summed E-state index contributed by atoms with van der Waals surface area (Å²) >= 11 is 1.94. The highest BCUT2D eigenvalue weighted by molar-refractivity contribution is 14.1.